The first-order valence-electron chi connectivity index (χ1n) is 10.9. The first-order valence-corrected chi connectivity index (χ1v) is 10.9. The van der Waals surface area contributed by atoms with E-state index in [4.69, 9.17) is 14.2 Å². The number of para-hydroxylation sites is 1. The summed E-state index contributed by atoms with van der Waals surface area (Å²) in [7, 11) is 8.61. The summed E-state index contributed by atoms with van der Waals surface area (Å²) >= 11 is 0. The number of aromatic nitrogens is 2. The molecule has 1 saturated heterocycles. The molecule has 8 heteroatoms. The van der Waals surface area contributed by atoms with Crippen LogP contribution in [-0.2, 0) is 13.6 Å². The SMILES string of the molecule is CN[C@@H]1CCCN(c2cccc3c2n(Cc2cc(OC)c(OC)c(OC)c2)c(=O)n3C)C1. The lowest BCUT2D eigenvalue weighted by molar-refractivity contribution is 0.323. The number of benzene rings is 2. The molecular formula is C24H32N4O4. The number of likely N-dealkylation sites (N-methyl/N-ethyl adjacent to an activating group) is 1. The first-order chi connectivity index (χ1) is 15.5. The highest BCUT2D eigenvalue weighted by Crippen LogP contribution is 2.38. The maximum atomic E-state index is 13.3. The van der Waals surface area contributed by atoms with Gasteiger partial charge in [0, 0.05) is 26.2 Å². The molecule has 1 aromatic heterocycles. The minimum absolute atomic E-state index is 0.0524. The minimum atomic E-state index is -0.0524. The van der Waals surface area contributed by atoms with Crippen molar-refractivity contribution in [2.24, 2.45) is 7.05 Å². The van der Waals surface area contributed by atoms with E-state index in [1.807, 2.05) is 42.9 Å². The van der Waals surface area contributed by atoms with Crippen LogP contribution in [0.15, 0.2) is 35.1 Å². The first kappa shape index (κ1) is 22.1. The van der Waals surface area contributed by atoms with Gasteiger partial charge in [-0.1, -0.05) is 6.07 Å². The fourth-order valence-corrected chi connectivity index (χ4v) is 4.69. The Kier molecular flexibility index (Phi) is 6.32. The van der Waals surface area contributed by atoms with Crippen LogP contribution in [0.5, 0.6) is 17.2 Å². The number of fused-ring (bicyclic) bond motifs is 1. The van der Waals surface area contributed by atoms with Gasteiger partial charge in [0.05, 0.1) is 44.6 Å². The van der Waals surface area contributed by atoms with Gasteiger partial charge in [0.2, 0.25) is 5.75 Å². The number of hydrogen-bond donors (Lipinski definition) is 1. The van der Waals surface area contributed by atoms with Gasteiger partial charge in [-0.05, 0) is 49.7 Å². The van der Waals surface area contributed by atoms with E-state index in [0.717, 1.165) is 48.2 Å². The average Bonchev–Trinajstić information content (AvgIpc) is 3.08. The highest BCUT2D eigenvalue weighted by atomic mass is 16.5. The predicted octanol–water partition coefficient (Wildman–Crippen LogP) is 2.60. The molecule has 0 bridgehead atoms. The number of nitrogens with one attached hydrogen (secondary N) is 1. The molecule has 1 aliphatic rings. The number of imidazole rings is 1. The Hall–Kier alpha value is -3.13. The number of piperidine rings is 1. The number of rotatable bonds is 7. The van der Waals surface area contributed by atoms with Gasteiger partial charge >= 0.3 is 5.69 Å². The van der Waals surface area contributed by atoms with E-state index in [2.05, 4.69) is 16.3 Å². The van der Waals surface area contributed by atoms with Gasteiger partial charge in [0.25, 0.3) is 0 Å². The molecule has 32 heavy (non-hydrogen) atoms. The summed E-state index contributed by atoms with van der Waals surface area (Å²) in [6, 6.07) is 10.4. The normalized spacial score (nSPS) is 16.4. The maximum Gasteiger partial charge on any atom is 0.329 e. The van der Waals surface area contributed by atoms with Gasteiger partial charge in [-0.15, -0.1) is 0 Å². The number of methoxy groups -OCH3 is 3. The monoisotopic (exact) mass is 440 g/mol. The molecule has 0 spiro atoms. The molecule has 172 valence electrons. The number of hydrogen-bond acceptors (Lipinski definition) is 6. The smallest absolute Gasteiger partial charge is 0.329 e. The molecule has 0 radical (unpaired) electrons. The van der Waals surface area contributed by atoms with Crippen molar-refractivity contribution in [3.63, 3.8) is 0 Å². The molecule has 0 amide bonds. The Morgan fingerprint density at radius 1 is 1.09 bits per heavy atom. The van der Waals surface area contributed by atoms with Gasteiger partial charge < -0.3 is 24.4 Å². The molecule has 3 aromatic rings. The zero-order valence-electron chi connectivity index (χ0n) is 19.5. The summed E-state index contributed by atoms with van der Waals surface area (Å²) in [4.78, 5) is 15.7. The highest BCUT2D eigenvalue weighted by molar-refractivity contribution is 5.90. The van der Waals surface area contributed by atoms with Gasteiger partial charge in [-0.3, -0.25) is 9.13 Å². The third kappa shape index (κ3) is 3.79. The van der Waals surface area contributed by atoms with Gasteiger partial charge in [0.15, 0.2) is 11.5 Å². The van der Waals surface area contributed by atoms with Crippen LogP contribution < -0.4 is 30.1 Å². The molecule has 4 rings (SSSR count). The Morgan fingerprint density at radius 2 is 1.81 bits per heavy atom. The average molecular weight is 441 g/mol. The van der Waals surface area contributed by atoms with Crippen molar-refractivity contribution in [2.45, 2.75) is 25.4 Å². The van der Waals surface area contributed by atoms with E-state index in [0.29, 0.717) is 29.8 Å². The van der Waals surface area contributed by atoms with Crippen molar-refractivity contribution in [1.82, 2.24) is 14.5 Å². The van der Waals surface area contributed by atoms with Crippen LogP contribution in [0.2, 0.25) is 0 Å². The molecule has 2 aromatic carbocycles. The Morgan fingerprint density at radius 3 is 2.44 bits per heavy atom. The fraction of sp³-hybridized carbons (Fsp3) is 0.458. The Labute approximate surface area is 188 Å². The van der Waals surface area contributed by atoms with Gasteiger partial charge in [-0.25, -0.2) is 4.79 Å². The number of nitrogens with zero attached hydrogens (tertiary/aromatic N) is 3. The predicted molar refractivity (Wildman–Crippen MR) is 127 cm³/mol. The third-order valence-electron chi connectivity index (χ3n) is 6.38. The summed E-state index contributed by atoms with van der Waals surface area (Å²) in [5.41, 5.74) is 3.81. The van der Waals surface area contributed by atoms with Crippen LogP contribution in [0.1, 0.15) is 18.4 Å². The van der Waals surface area contributed by atoms with E-state index in [-0.39, 0.29) is 5.69 Å². The molecule has 0 saturated carbocycles. The van der Waals surface area contributed by atoms with E-state index in [1.54, 1.807) is 25.9 Å². The van der Waals surface area contributed by atoms with Crippen LogP contribution >= 0.6 is 0 Å². The van der Waals surface area contributed by atoms with Crippen molar-refractivity contribution < 1.29 is 14.2 Å². The van der Waals surface area contributed by atoms with Crippen molar-refractivity contribution in [2.75, 3.05) is 46.4 Å². The maximum absolute atomic E-state index is 13.3. The van der Waals surface area contributed by atoms with E-state index >= 15 is 0 Å². The standard InChI is InChI=1S/C24H32N4O4/c1-25-17-8-7-11-27(15-17)19-10-6-9-18-22(19)28(24(29)26(18)2)14-16-12-20(30-3)23(32-5)21(13-16)31-4/h6,9-10,12-13,17,25H,7-8,11,14-15H2,1-5H3/t17-/m1/s1. The number of anilines is 1. The second-order valence-electron chi connectivity index (χ2n) is 8.18. The second kappa shape index (κ2) is 9.16. The minimum Gasteiger partial charge on any atom is -0.493 e. The Bertz CT molecular complexity index is 1140. The molecule has 1 N–H and O–H groups in total. The van der Waals surface area contributed by atoms with Crippen LogP contribution in [0, 0.1) is 0 Å². The fourth-order valence-electron chi connectivity index (χ4n) is 4.69. The van der Waals surface area contributed by atoms with E-state index in [9.17, 15) is 4.79 Å². The van der Waals surface area contributed by atoms with Crippen molar-refractivity contribution in [3.05, 3.63) is 46.4 Å². The lowest BCUT2D eigenvalue weighted by Crippen LogP contribution is -2.44. The van der Waals surface area contributed by atoms with E-state index in [1.165, 1.54) is 0 Å². The van der Waals surface area contributed by atoms with Crippen molar-refractivity contribution in [1.29, 1.82) is 0 Å². The lowest BCUT2D eigenvalue weighted by Gasteiger charge is -2.34. The summed E-state index contributed by atoms with van der Waals surface area (Å²) in [5.74, 6) is 1.68. The topological polar surface area (TPSA) is 69.9 Å². The highest BCUT2D eigenvalue weighted by Gasteiger charge is 2.24. The quantitative estimate of drug-likeness (QED) is 0.609. The van der Waals surface area contributed by atoms with E-state index < -0.39 is 0 Å². The molecule has 0 aliphatic carbocycles. The van der Waals surface area contributed by atoms with Gasteiger partial charge in [-0.2, -0.15) is 0 Å². The Balaban J connectivity index is 1.83. The molecule has 8 nitrogen and oxygen atoms in total. The summed E-state index contributed by atoms with van der Waals surface area (Å²) < 4.78 is 20.0. The van der Waals surface area contributed by atoms with Crippen LogP contribution in [-0.4, -0.2) is 56.6 Å². The zero-order chi connectivity index (χ0) is 22.8. The lowest BCUT2D eigenvalue weighted by atomic mass is 10.0. The van der Waals surface area contributed by atoms with Gasteiger partial charge in [0.1, 0.15) is 0 Å². The largest absolute Gasteiger partial charge is 0.493 e. The van der Waals surface area contributed by atoms with Crippen molar-refractivity contribution in [3.8, 4) is 17.2 Å². The summed E-state index contributed by atoms with van der Waals surface area (Å²) in [5, 5.41) is 3.40. The summed E-state index contributed by atoms with van der Waals surface area (Å²) in [6.07, 6.45) is 2.28. The molecule has 1 fully saturated rings. The third-order valence-corrected chi connectivity index (χ3v) is 6.38. The molecule has 2 heterocycles. The van der Waals surface area contributed by atoms with Crippen LogP contribution in [0.4, 0.5) is 5.69 Å². The molecular weight excluding hydrogens is 408 g/mol. The van der Waals surface area contributed by atoms with Crippen LogP contribution in [0.3, 0.4) is 0 Å². The van der Waals surface area contributed by atoms with Crippen LogP contribution in [0.25, 0.3) is 11.0 Å². The molecule has 1 aliphatic heterocycles. The molecule has 0 unspecified atom stereocenters. The second-order valence-corrected chi connectivity index (χ2v) is 8.18. The zero-order valence-corrected chi connectivity index (χ0v) is 19.5. The molecule has 1 atom stereocenters. The van der Waals surface area contributed by atoms with Crippen molar-refractivity contribution >= 4 is 16.7 Å². The number of ether oxygens (including phenoxy) is 3. The summed E-state index contributed by atoms with van der Waals surface area (Å²) in [6.45, 7) is 2.29. The number of aryl methyl sites for hydroxylation is 1.